The van der Waals surface area contributed by atoms with Crippen LogP contribution in [0.1, 0.15) is 22.0 Å². The van der Waals surface area contributed by atoms with Crippen molar-refractivity contribution in [1.29, 1.82) is 0 Å². The number of morpholine rings is 1. The molecule has 0 spiro atoms. The fourth-order valence-corrected chi connectivity index (χ4v) is 3.34. The van der Waals surface area contributed by atoms with Crippen molar-refractivity contribution in [1.82, 2.24) is 9.88 Å². The van der Waals surface area contributed by atoms with Gasteiger partial charge >= 0.3 is 0 Å². The number of aromatic nitrogens is 1. The summed E-state index contributed by atoms with van der Waals surface area (Å²) >= 11 is 4.99. The fourth-order valence-electron chi connectivity index (χ4n) is 3.14. The van der Waals surface area contributed by atoms with Crippen LogP contribution in [0.5, 0.6) is 5.75 Å². The van der Waals surface area contributed by atoms with Gasteiger partial charge in [-0.2, -0.15) is 0 Å². The van der Waals surface area contributed by atoms with Crippen molar-refractivity contribution in [2.75, 3.05) is 26.8 Å². The van der Waals surface area contributed by atoms with Crippen molar-refractivity contribution in [3.05, 3.63) is 58.4 Å². The Morgan fingerprint density at radius 3 is 3.04 bits per heavy atom. The molecular formula is C19H18N2O4S. The van der Waals surface area contributed by atoms with Crippen molar-refractivity contribution >= 4 is 29.2 Å². The number of oxazole rings is 1. The molecule has 6 nitrogen and oxygen atoms in total. The number of fused-ring (bicyclic) bond motifs is 1. The molecule has 0 aliphatic carbocycles. The van der Waals surface area contributed by atoms with Crippen molar-refractivity contribution in [3.8, 4) is 5.75 Å². The van der Waals surface area contributed by atoms with E-state index in [9.17, 15) is 4.79 Å². The second-order valence-corrected chi connectivity index (χ2v) is 6.48. The molecule has 1 amide bonds. The van der Waals surface area contributed by atoms with Crippen LogP contribution in [0, 0.1) is 4.84 Å². The summed E-state index contributed by atoms with van der Waals surface area (Å²) in [5.74, 6) is 0.721. The number of hydrogen-bond donors (Lipinski definition) is 1. The van der Waals surface area contributed by atoms with E-state index >= 15 is 0 Å². The third kappa shape index (κ3) is 3.23. The van der Waals surface area contributed by atoms with Gasteiger partial charge in [-0.05, 0) is 48.1 Å². The second kappa shape index (κ2) is 6.93. The van der Waals surface area contributed by atoms with E-state index < -0.39 is 0 Å². The van der Waals surface area contributed by atoms with Gasteiger partial charge in [-0.25, -0.2) is 0 Å². The first kappa shape index (κ1) is 16.8. The third-order valence-corrected chi connectivity index (χ3v) is 4.67. The summed E-state index contributed by atoms with van der Waals surface area (Å²) in [6.07, 6.45) is -0.178. The van der Waals surface area contributed by atoms with Gasteiger partial charge in [0.2, 0.25) is 0 Å². The zero-order valence-electron chi connectivity index (χ0n) is 14.2. The van der Waals surface area contributed by atoms with Gasteiger partial charge in [-0.15, -0.1) is 0 Å². The molecule has 1 N–H and O–H groups in total. The average Bonchev–Trinajstić information content (AvgIpc) is 3.06. The lowest BCUT2D eigenvalue weighted by Crippen LogP contribution is -2.42. The largest absolute Gasteiger partial charge is 0.497 e. The molecule has 2 aromatic carbocycles. The quantitative estimate of drug-likeness (QED) is 0.712. The first-order valence-corrected chi connectivity index (χ1v) is 8.72. The summed E-state index contributed by atoms with van der Waals surface area (Å²) in [6, 6.07) is 13.0. The molecule has 26 heavy (non-hydrogen) atoms. The number of ether oxygens (including phenoxy) is 2. The lowest BCUT2D eigenvalue weighted by atomic mass is 10.1. The highest BCUT2D eigenvalue weighted by atomic mass is 32.1. The van der Waals surface area contributed by atoms with Crippen LogP contribution < -0.4 is 4.74 Å². The molecule has 1 saturated heterocycles. The first-order valence-electron chi connectivity index (χ1n) is 8.32. The Hall–Kier alpha value is -2.64. The molecule has 0 bridgehead atoms. The second-order valence-electron chi connectivity index (χ2n) is 6.11. The number of aromatic amines is 1. The van der Waals surface area contributed by atoms with Gasteiger partial charge in [0.05, 0.1) is 25.8 Å². The molecule has 0 saturated carbocycles. The predicted octanol–water partition coefficient (Wildman–Crippen LogP) is 3.71. The maximum atomic E-state index is 12.9. The molecule has 1 fully saturated rings. The smallest absolute Gasteiger partial charge is 0.266 e. The van der Waals surface area contributed by atoms with E-state index in [0.29, 0.717) is 35.7 Å². The van der Waals surface area contributed by atoms with Crippen LogP contribution in [0.4, 0.5) is 0 Å². The number of carbonyl (C=O) groups excluding carboxylic acids is 1. The van der Waals surface area contributed by atoms with Crippen LogP contribution >= 0.6 is 12.2 Å². The molecular weight excluding hydrogens is 352 g/mol. The standard InChI is InChI=1S/C19H18N2O4S/c1-23-14-4-2-3-12(9-14)17-11-21(7-8-24-17)18(22)13-5-6-15-16(10-13)25-19(26)20-15/h2-6,9-10,17H,7-8,11H2,1H3,(H,20,26)/t17-/m1/s1. The average molecular weight is 370 g/mol. The summed E-state index contributed by atoms with van der Waals surface area (Å²) in [5.41, 5.74) is 2.93. The number of benzene rings is 2. The Bertz CT molecular complexity index is 1010. The van der Waals surface area contributed by atoms with E-state index in [-0.39, 0.29) is 12.0 Å². The fraction of sp³-hybridized carbons (Fsp3) is 0.263. The Labute approximate surface area is 155 Å². The van der Waals surface area contributed by atoms with Crippen LogP contribution in [0.25, 0.3) is 11.1 Å². The molecule has 7 heteroatoms. The normalized spacial score (nSPS) is 17.4. The number of carbonyl (C=O) groups is 1. The summed E-state index contributed by atoms with van der Waals surface area (Å²) in [7, 11) is 1.63. The molecule has 0 radical (unpaired) electrons. The van der Waals surface area contributed by atoms with E-state index in [1.165, 1.54) is 0 Å². The molecule has 4 rings (SSSR count). The van der Waals surface area contributed by atoms with Gasteiger partial charge in [0.25, 0.3) is 10.7 Å². The van der Waals surface area contributed by atoms with Gasteiger partial charge in [0, 0.05) is 12.1 Å². The monoisotopic (exact) mass is 370 g/mol. The minimum Gasteiger partial charge on any atom is -0.497 e. The molecule has 2 heterocycles. The van der Waals surface area contributed by atoms with Gasteiger partial charge in [0.1, 0.15) is 11.9 Å². The summed E-state index contributed by atoms with van der Waals surface area (Å²) in [4.78, 5) is 18.0. The van der Waals surface area contributed by atoms with Crippen molar-refractivity contribution in [3.63, 3.8) is 0 Å². The lowest BCUT2D eigenvalue weighted by Gasteiger charge is -2.33. The zero-order chi connectivity index (χ0) is 18.1. The highest BCUT2D eigenvalue weighted by Crippen LogP contribution is 2.26. The Kier molecular flexibility index (Phi) is 4.48. The van der Waals surface area contributed by atoms with Crippen LogP contribution in [0.2, 0.25) is 0 Å². The van der Waals surface area contributed by atoms with E-state index in [4.69, 9.17) is 26.1 Å². The van der Waals surface area contributed by atoms with Crippen molar-refractivity contribution in [2.24, 2.45) is 0 Å². The van der Waals surface area contributed by atoms with Gasteiger partial charge in [-0.1, -0.05) is 12.1 Å². The van der Waals surface area contributed by atoms with Crippen LogP contribution in [0.15, 0.2) is 46.9 Å². The molecule has 134 valence electrons. The van der Waals surface area contributed by atoms with Gasteiger partial charge in [0.15, 0.2) is 5.58 Å². The number of nitrogens with one attached hydrogen (secondary N) is 1. The Morgan fingerprint density at radius 1 is 1.31 bits per heavy atom. The molecule has 1 aliphatic heterocycles. The molecule has 1 aromatic heterocycles. The van der Waals surface area contributed by atoms with E-state index in [1.54, 1.807) is 24.1 Å². The number of H-pyrrole nitrogens is 1. The van der Waals surface area contributed by atoms with E-state index in [2.05, 4.69) is 4.98 Å². The SMILES string of the molecule is COc1cccc([C@H]2CN(C(=O)c3ccc4[nH]c(=S)oc4c3)CCO2)c1. The highest BCUT2D eigenvalue weighted by molar-refractivity contribution is 7.71. The van der Waals surface area contributed by atoms with Crippen LogP contribution in [0.3, 0.4) is 0 Å². The van der Waals surface area contributed by atoms with Crippen molar-refractivity contribution in [2.45, 2.75) is 6.10 Å². The van der Waals surface area contributed by atoms with Crippen LogP contribution in [-0.2, 0) is 4.74 Å². The summed E-state index contributed by atoms with van der Waals surface area (Å²) in [5, 5.41) is 0. The zero-order valence-corrected chi connectivity index (χ0v) is 15.0. The van der Waals surface area contributed by atoms with Gasteiger partial charge in [-0.3, -0.25) is 4.79 Å². The minimum absolute atomic E-state index is 0.0505. The number of rotatable bonds is 3. The van der Waals surface area contributed by atoms with E-state index in [0.717, 1.165) is 16.8 Å². The number of nitrogens with zero attached hydrogens (tertiary/aromatic N) is 1. The summed E-state index contributed by atoms with van der Waals surface area (Å²) in [6.45, 7) is 1.52. The molecule has 3 aromatic rings. The number of amides is 1. The summed E-state index contributed by atoms with van der Waals surface area (Å²) < 4.78 is 16.6. The number of hydrogen-bond acceptors (Lipinski definition) is 5. The third-order valence-electron chi connectivity index (χ3n) is 4.49. The number of methoxy groups -OCH3 is 1. The highest BCUT2D eigenvalue weighted by Gasteiger charge is 2.26. The minimum atomic E-state index is -0.178. The maximum absolute atomic E-state index is 12.9. The molecule has 1 atom stereocenters. The van der Waals surface area contributed by atoms with Crippen LogP contribution in [-0.4, -0.2) is 42.6 Å². The molecule has 1 aliphatic rings. The maximum Gasteiger partial charge on any atom is 0.266 e. The van der Waals surface area contributed by atoms with E-state index in [1.807, 2.05) is 30.3 Å². The Balaban J connectivity index is 1.56. The topological polar surface area (TPSA) is 67.7 Å². The predicted molar refractivity (Wildman–Crippen MR) is 99.0 cm³/mol. The van der Waals surface area contributed by atoms with Gasteiger partial charge < -0.3 is 23.8 Å². The van der Waals surface area contributed by atoms with Crippen molar-refractivity contribution < 1.29 is 18.7 Å². The first-order chi connectivity index (χ1) is 12.6. The Morgan fingerprint density at radius 2 is 2.19 bits per heavy atom. The molecule has 0 unspecified atom stereocenters. The lowest BCUT2D eigenvalue weighted by molar-refractivity contribution is -0.0228.